The summed E-state index contributed by atoms with van der Waals surface area (Å²) >= 11 is 0. The highest BCUT2D eigenvalue weighted by molar-refractivity contribution is 5.83. The van der Waals surface area contributed by atoms with Crippen molar-refractivity contribution >= 4 is 17.0 Å². The van der Waals surface area contributed by atoms with Crippen molar-refractivity contribution in [1.29, 1.82) is 0 Å². The first-order valence-electron chi connectivity index (χ1n) is 7.00. The summed E-state index contributed by atoms with van der Waals surface area (Å²) in [6.45, 7) is 1.98. The number of benzene rings is 2. The van der Waals surface area contributed by atoms with Gasteiger partial charge in [-0.25, -0.2) is 9.97 Å². The van der Waals surface area contributed by atoms with E-state index in [4.69, 9.17) is 9.47 Å². The van der Waals surface area contributed by atoms with Gasteiger partial charge in [0.1, 0.15) is 6.33 Å². The molecule has 3 rings (SSSR count). The van der Waals surface area contributed by atoms with E-state index in [0.29, 0.717) is 17.4 Å². The number of hydrogen-bond donors (Lipinski definition) is 0. The number of rotatable bonds is 4. The van der Waals surface area contributed by atoms with E-state index < -0.39 is 0 Å². The van der Waals surface area contributed by atoms with Gasteiger partial charge in [-0.1, -0.05) is 30.4 Å². The summed E-state index contributed by atoms with van der Waals surface area (Å²) in [6.07, 6.45) is 5.48. The third-order valence-corrected chi connectivity index (χ3v) is 3.26. The molecule has 1 aromatic heterocycles. The number of fused-ring (bicyclic) bond motifs is 1. The van der Waals surface area contributed by atoms with Crippen molar-refractivity contribution in [3.05, 3.63) is 60.4 Å². The second kappa shape index (κ2) is 6.26. The summed E-state index contributed by atoms with van der Waals surface area (Å²) in [5.74, 6) is 1.81. The molecule has 4 heteroatoms. The zero-order valence-corrected chi connectivity index (χ0v) is 12.5. The lowest BCUT2D eigenvalue weighted by Crippen LogP contribution is -1.94. The lowest BCUT2D eigenvalue weighted by Gasteiger charge is -2.11. The minimum Gasteiger partial charge on any atom is -0.493 e. The SMILES string of the molecule is CC=Cc1ccc(Oc2ncnc3ccccc23)c(OC)c1. The summed E-state index contributed by atoms with van der Waals surface area (Å²) in [6, 6.07) is 13.5. The van der Waals surface area contributed by atoms with Gasteiger partial charge < -0.3 is 9.47 Å². The number of methoxy groups -OCH3 is 1. The molecular weight excluding hydrogens is 276 g/mol. The van der Waals surface area contributed by atoms with Gasteiger partial charge in [0.25, 0.3) is 0 Å². The maximum Gasteiger partial charge on any atom is 0.230 e. The molecular formula is C18H16N2O2. The Bertz CT molecular complexity index is 823. The largest absolute Gasteiger partial charge is 0.493 e. The monoisotopic (exact) mass is 292 g/mol. The number of ether oxygens (including phenoxy) is 2. The van der Waals surface area contributed by atoms with Gasteiger partial charge in [-0.3, -0.25) is 0 Å². The van der Waals surface area contributed by atoms with Gasteiger partial charge in [0.2, 0.25) is 5.88 Å². The molecule has 22 heavy (non-hydrogen) atoms. The normalized spacial score (nSPS) is 11.0. The van der Waals surface area contributed by atoms with Crippen LogP contribution in [0.15, 0.2) is 54.9 Å². The van der Waals surface area contributed by atoms with Gasteiger partial charge in [0.15, 0.2) is 11.5 Å². The van der Waals surface area contributed by atoms with Crippen LogP contribution in [-0.2, 0) is 0 Å². The first-order valence-corrected chi connectivity index (χ1v) is 7.00. The minimum absolute atomic E-state index is 0.516. The molecule has 0 atom stereocenters. The third-order valence-electron chi connectivity index (χ3n) is 3.26. The molecule has 0 radical (unpaired) electrons. The van der Waals surface area contributed by atoms with Gasteiger partial charge in [0, 0.05) is 0 Å². The van der Waals surface area contributed by atoms with Crippen LogP contribution in [0, 0.1) is 0 Å². The highest BCUT2D eigenvalue weighted by Gasteiger charge is 2.10. The molecule has 0 unspecified atom stereocenters. The molecule has 0 saturated carbocycles. The zero-order chi connectivity index (χ0) is 15.4. The number of allylic oxidation sites excluding steroid dienone is 1. The Balaban J connectivity index is 2.01. The van der Waals surface area contributed by atoms with Crippen molar-refractivity contribution in [2.75, 3.05) is 7.11 Å². The fourth-order valence-corrected chi connectivity index (χ4v) is 2.23. The minimum atomic E-state index is 0.516. The van der Waals surface area contributed by atoms with Gasteiger partial charge in [-0.05, 0) is 36.8 Å². The average Bonchev–Trinajstić information content (AvgIpc) is 2.57. The molecule has 3 aromatic rings. The molecule has 0 spiro atoms. The number of nitrogens with zero attached hydrogens (tertiary/aromatic N) is 2. The predicted molar refractivity (Wildman–Crippen MR) is 87.3 cm³/mol. The van der Waals surface area contributed by atoms with E-state index >= 15 is 0 Å². The van der Waals surface area contributed by atoms with Crippen molar-refractivity contribution in [3.63, 3.8) is 0 Å². The van der Waals surface area contributed by atoms with Crippen molar-refractivity contribution in [2.24, 2.45) is 0 Å². The van der Waals surface area contributed by atoms with Crippen LogP contribution in [0.1, 0.15) is 12.5 Å². The van der Waals surface area contributed by atoms with Gasteiger partial charge in [-0.2, -0.15) is 0 Å². The Hall–Kier alpha value is -2.88. The molecule has 4 nitrogen and oxygen atoms in total. The quantitative estimate of drug-likeness (QED) is 0.712. The number of aromatic nitrogens is 2. The molecule has 0 amide bonds. The van der Waals surface area contributed by atoms with Crippen molar-refractivity contribution in [1.82, 2.24) is 9.97 Å². The topological polar surface area (TPSA) is 44.2 Å². The summed E-state index contributed by atoms with van der Waals surface area (Å²) in [7, 11) is 1.62. The van der Waals surface area contributed by atoms with E-state index in [1.54, 1.807) is 7.11 Å². The fraction of sp³-hybridized carbons (Fsp3) is 0.111. The van der Waals surface area contributed by atoms with Crippen LogP contribution in [-0.4, -0.2) is 17.1 Å². The van der Waals surface area contributed by atoms with Gasteiger partial charge in [0.05, 0.1) is 18.0 Å². The van der Waals surface area contributed by atoms with Crippen LogP contribution in [0.5, 0.6) is 17.4 Å². The van der Waals surface area contributed by atoms with Crippen LogP contribution in [0.4, 0.5) is 0 Å². The second-order valence-electron chi connectivity index (χ2n) is 4.71. The standard InChI is InChI=1S/C18H16N2O2/c1-3-6-13-9-10-16(17(11-13)21-2)22-18-14-7-4-5-8-15(14)19-12-20-18/h3-12H,1-2H3. The van der Waals surface area contributed by atoms with E-state index in [9.17, 15) is 0 Å². The van der Waals surface area contributed by atoms with Crippen molar-refractivity contribution < 1.29 is 9.47 Å². The molecule has 1 heterocycles. The summed E-state index contributed by atoms with van der Waals surface area (Å²) in [5, 5.41) is 0.865. The average molecular weight is 292 g/mol. The summed E-state index contributed by atoms with van der Waals surface area (Å²) in [4.78, 5) is 8.47. The molecule has 0 aliphatic carbocycles. The Morgan fingerprint density at radius 2 is 1.86 bits per heavy atom. The smallest absolute Gasteiger partial charge is 0.230 e. The lowest BCUT2D eigenvalue weighted by atomic mass is 10.2. The first-order chi connectivity index (χ1) is 10.8. The third kappa shape index (κ3) is 2.76. The van der Waals surface area contributed by atoms with Gasteiger partial charge >= 0.3 is 0 Å². The Morgan fingerprint density at radius 1 is 1.00 bits per heavy atom. The molecule has 0 bridgehead atoms. The molecule has 0 saturated heterocycles. The van der Waals surface area contributed by atoms with Crippen LogP contribution in [0.25, 0.3) is 17.0 Å². The van der Waals surface area contributed by atoms with E-state index in [1.807, 2.05) is 61.5 Å². The molecule has 2 aromatic carbocycles. The maximum atomic E-state index is 5.95. The summed E-state index contributed by atoms with van der Waals surface area (Å²) < 4.78 is 11.4. The Morgan fingerprint density at radius 3 is 2.68 bits per heavy atom. The summed E-state index contributed by atoms with van der Waals surface area (Å²) in [5.41, 5.74) is 1.90. The van der Waals surface area contributed by atoms with E-state index in [-0.39, 0.29) is 0 Å². The predicted octanol–water partition coefficient (Wildman–Crippen LogP) is 4.46. The van der Waals surface area contributed by atoms with E-state index in [0.717, 1.165) is 16.5 Å². The zero-order valence-electron chi connectivity index (χ0n) is 12.5. The van der Waals surface area contributed by atoms with Crippen LogP contribution in [0.3, 0.4) is 0 Å². The maximum absolute atomic E-state index is 5.95. The number of hydrogen-bond acceptors (Lipinski definition) is 4. The molecule has 110 valence electrons. The lowest BCUT2D eigenvalue weighted by molar-refractivity contribution is 0.375. The molecule has 0 N–H and O–H groups in total. The van der Waals surface area contributed by atoms with Crippen LogP contribution < -0.4 is 9.47 Å². The van der Waals surface area contributed by atoms with Gasteiger partial charge in [-0.15, -0.1) is 0 Å². The molecule has 0 fully saturated rings. The highest BCUT2D eigenvalue weighted by atomic mass is 16.5. The number of para-hydroxylation sites is 1. The van der Waals surface area contributed by atoms with E-state index in [2.05, 4.69) is 9.97 Å². The Labute approximate surface area is 129 Å². The molecule has 0 aliphatic rings. The first kappa shape index (κ1) is 14.1. The van der Waals surface area contributed by atoms with Crippen molar-refractivity contribution in [3.8, 4) is 17.4 Å². The van der Waals surface area contributed by atoms with Crippen LogP contribution >= 0.6 is 0 Å². The Kier molecular flexibility index (Phi) is 4.01. The van der Waals surface area contributed by atoms with Crippen molar-refractivity contribution in [2.45, 2.75) is 6.92 Å². The van der Waals surface area contributed by atoms with Crippen LogP contribution in [0.2, 0.25) is 0 Å². The second-order valence-corrected chi connectivity index (χ2v) is 4.71. The molecule has 0 aliphatic heterocycles. The highest BCUT2D eigenvalue weighted by Crippen LogP contribution is 2.34. The van der Waals surface area contributed by atoms with E-state index in [1.165, 1.54) is 6.33 Å². The fourth-order valence-electron chi connectivity index (χ4n) is 2.23.